The molecule has 34 heavy (non-hydrogen) atoms. The lowest BCUT2D eigenvalue weighted by Crippen LogP contribution is -2.34. The number of hydrogen-bond donors (Lipinski definition) is 0. The summed E-state index contributed by atoms with van der Waals surface area (Å²) in [5.41, 5.74) is 5.60. The Kier molecular flexibility index (Phi) is 3.95. The van der Waals surface area contributed by atoms with Crippen LogP contribution in [0.2, 0.25) is 0 Å². The van der Waals surface area contributed by atoms with Crippen LogP contribution in [0.1, 0.15) is 32.6 Å². The summed E-state index contributed by atoms with van der Waals surface area (Å²) < 4.78 is 7.01. The molecule has 0 saturated heterocycles. The van der Waals surface area contributed by atoms with Gasteiger partial charge in [0.15, 0.2) is 11.4 Å². The Morgan fingerprint density at radius 2 is 1.24 bits per heavy atom. The van der Waals surface area contributed by atoms with E-state index in [0.717, 1.165) is 49.9 Å². The summed E-state index contributed by atoms with van der Waals surface area (Å²) in [6.07, 6.45) is 4.26. The highest BCUT2D eigenvalue weighted by Gasteiger charge is 2.40. The Morgan fingerprint density at radius 1 is 0.588 bits per heavy atom. The first kappa shape index (κ1) is 19.1. The van der Waals surface area contributed by atoms with E-state index >= 15 is 0 Å². The molecule has 5 aromatic carbocycles. The third-order valence-corrected chi connectivity index (χ3v) is 7.02. The zero-order valence-corrected chi connectivity index (χ0v) is 18.4. The molecule has 1 heterocycles. The van der Waals surface area contributed by atoms with Gasteiger partial charge in [0.1, 0.15) is 5.75 Å². The maximum atomic E-state index is 13.6. The molecule has 0 spiro atoms. The largest absolute Gasteiger partial charge is 0.472 e. The Bertz CT molecular complexity index is 1590. The lowest BCUT2D eigenvalue weighted by molar-refractivity contribution is 0.104. The number of ether oxygens (including phenoxy) is 1. The van der Waals surface area contributed by atoms with Gasteiger partial charge in [-0.15, -0.1) is 0 Å². The Balaban J connectivity index is 1.50. The van der Waals surface area contributed by atoms with Crippen LogP contribution in [0, 0.1) is 0 Å². The van der Waals surface area contributed by atoms with Crippen LogP contribution >= 0.6 is 0 Å². The third-order valence-electron chi connectivity index (χ3n) is 7.02. The van der Waals surface area contributed by atoms with Crippen LogP contribution in [0.5, 0.6) is 5.75 Å². The summed E-state index contributed by atoms with van der Waals surface area (Å²) in [7, 11) is 0. The second kappa shape index (κ2) is 7.03. The van der Waals surface area contributed by atoms with Crippen molar-refractivity contribution in [2.45, 2.75) is 5.60 Å². The van der Waals surface area contributed by atoms with Gasteiger partial charge in [0.05, 0.1) is 0 Å². The third kappa shape index (κ3) is 2.54. The molecule has 0 amide bonds. The molecule has 2 heteroatoms. The van der Waals surface area contributed by atoms with Gasteiger partial charge in [-0.2, -0.15) is 0 Å². The predicted molar refractivity (Wildman–Crippen MR) is 136 cm³/mol. The van der Waals surface area contributed by atoms with Crippen molar-refractivity contribution >= 4 is 22.6 Å². The predicted octanol–water partition coefficient (Wildman–Crippen LogP) is 7.40. The number of ketones is 1. The van der Waals surface area contributed by atoms with Crippen LogP contribution in [0.4, 0.5) is 0 Å². The Labute approximate surface area is 197 Å². The molecule has 0 unspecified atom stereocenters. The van der Waals surface area contributed by atoms with Crippen LogP contribution in [0.15, 0.2) is 115 Å². The molecule has 1 aliphatic carbocycles. The normalized spacial score (nSPS) is 14.9. The summed E-state index contributed by atoms with van der Waals surface area (Å²) in [4.78, 5) is 13.6. The van der Waals surface area contributed by atoms with Gasteiger partial charge in [0.2, 0.25) is 0 Å². The minimum Gasteiger partial charge on any atom is -0.472 e. The van der Waals surface area contributed by atoms with Gasteiger partial charge in [0.25, 0.3) is 0 Å². The molecule has 0 saturated carbocycles. The highest BCUT2D eigenvalue weighted by Crippen LogP contribution is 2.51. The van der Waals surface area contributed by atoms with Gasteiger partial charge in [-0.25, -0.2) is 0 Å². The molecule has 7 rings (SSSR count). The fraction of sp³-hybridized carbons (Fsp3) is 0.0312. The number of carbonyl (C=O) groups is 1. The summed E-state index contributed by atoms with van der Waals surface area (Å²) in [5, 5.41) is 2.05. The van der Waals surface area contributed by atoms with Crippen molar-refractivity contribution in [1.29, 1.82) is 0 Å². The zero-order valence-electron chi connectivity index (χ0n) is 18.4. The number of rotatable bonds is 2. The average molecular weight is 437 g/mol. The molecular weight excluding hydrogens is 416 g/mol. The smallest absolute Gasteiger partial charge is 0.195 e. The lowest BCUT2D eigenvalue weighted by Gasteiger charge is -2.37. The van der Waals surface area contributed by atoms with E-state index in [1.807, 2.05) is 66.7 Å². The molecular formula is C32H20O2. The monoisotopic (exact) mass is 436 g/mol. The topological polar surface area (TPSA) is 26.3 Å². The molecule has 0 bridgehead atoms. The van der Waals surface area contributed by atoms with Gasteiger partial charge in [-0.1, -0.05) is 109 Å². The second-order valence-corrected chi connectivity index (χ2v) is 8.85. The van der Waals surface area contributed by atoms with Crippen molar-refractivity contribution in [3.8, 4) is 16.9 Å². The minimum atomic E-state index is -0.784. The van der Waals surface area contributed by atoms with E-state index in [2.05, 4.69) is 54.6 Å². The molecule has 1 aliphatic heterocycles. The number of carbonyl (C=O) groups excluding carboxylic acids is 1. The fourth-order valence-electron chi connectivity index (χ4n) is 5.41. The van der Waals surface area contributed by atoms with Crippen LogP contribution in [-0.4, -0.2) is 5.78 Å². The van der Waals surface area contributed by atoms with E-state index < -0.39 is 5.60 Å². The van der Waals surface area contributed by atoms with Gasteiger partial charge in [-0.3, -0.25) is 4.79 Å². The molecule has 2 aliphatic rings. The van der Waals surface area contributed by atoms with Gasteiger partial charge >= 0.3 is 0 Å². The number of fused-ring (bicyclic) bond motifs is 7. The van der Waals surface area contributed by atoms with Crippen LogP contribution in [0.3, 0.4) is 0 Å². The van der Waals surface area contributed by atoms with Crippen molar-refractivity contribution in [3.63, 3.8) is 0 Å². The first-order valence-corrected chi connectivity index (χ1v) is 11.5. The molecule has 0 atom stereocenters. The van der Waals surface area contributed by atoms with Crippen molar-refractivity contribution in [2.24, 2.45) is 0 Å². The van der Waals surface area contributed by atoms with Crippen molar-refractivity contribution in [1.82, 2.24) is 0 Å². The minimum absolute atomic E-state index is 0.0628. The maximum absolute atomic E-state index is 13.6. The number of hydrogen-bond acceptors (Lipinski definition) is 2. The molecule has 0 aromatic heterocycles. The van der Waals surface area contributed by atoms with Gasteiger partial charge in [0, 0.05) is 33.4 Å². The summed E-state index contributed by atoms with van der Waals surface area (Å²) >= 11 is 0. The lowest BCUT2D eigenvalue weighted by atomic mass is 9.83. The molecule has 0 radical (unpaired) electrons. The van der Waals surface area contributed by atoms with Crippen molar-refractivity contribution in [3.05, 3.63) is 143 Å². The molecule has 160 valence electrons. The summed E-state index contributed by atoms with van der Waals surface area (Å²) in [5.74, 6) is 0.822. The van der Waals surface area contributed by atoms with Gasteiger partial charge < -0.3 is 4.74 Å². The van der Waals surface area contributed by atoms with E-state index in [9.17, 15) is 4.79 Å². The van der Waals surface area contributed by atoms with Crippen LogP contribution in [-0.2, 0) is 5.60 Å². The van der Waals surface area contributed by atoms with Crippen molar-refractivity contribution < 1.29 is 9.53 Å². The van der Waals surface area contributed by atoms with E-state index in [1.54, 1.807) is 0 Å². The Morgan fingerprint density at radius 3 is 1.97 bits per heavy atom. The molecule has 0 N–H and O–H groups in total. The molecule has 5 aromatic rings. The van der Waals surface area contributed by atoms with Crippen LogP contribution in [0.25, 0.3) is 28.0 Å². The quantitative estimate of drug-likeness (QED) is 0.283. The highest BCUT2D eigenvalue weighted by atomic mass is 16.5. The summed E-state index contributed by atoms with van der Waals surface area (Å²) in [6.45, 7) is 0. The maximum Gasteiger partial charge on any atom is 0.195 e. The Hall–Kier alpha value is -4.43. The zero-order chi connectivity index (χ0) is 22.7. The molecule has 2 nitrogen and oxygen atoms in total. The molecule has 0 fully saturated rings. The van der Waals surface area contributed by atoms with E-state index in [4.69, 9.17) is 4.74 Å². The average Bonchev–Trinajstić information content (AvgIpc) is 3.22. The number of benzene rings is 5. The second-order valence-electron chi connectivity index (χ2n) is 8.85. The van der Waals surface area contributed by atoms with E-state index in [0.29, 0.717) is 5.56 Å². The SMILES string of the molecule is O=C1c2ccc3c(c2-c2ccc4ccccc4c21)OC(c1ccccc1)(c1ccccc1)C=C3. The van der Waals surface area contributed by atoms with Gasteiger partial charge in [-0.05, 0) is 28.5 Å². The standard InChI is InChI=1S/C32H20O2/c33-30-27-18-16-22-19-20-32(23-10-3-1-4-11-23,24-12-5-2-6-13-24)34-31(22)29(27)26-17-15-21-9-7-8-14-25(21)28(26)30/h1-20H. The van der Waals surface area contributed by atoms with E-state index in [1.165, 1.54) is 0 Å². The van der Waals surface area contributed by atoms with Crippen LogP contribution < -0.4 is 4.74 Å². The van der Waals surface area contributed by atoms with E-state index in [-0.39, 0.29) is 5.78 Å². The summed E-state index contributed by atoms with van der Waals surface area (Å²) in [6, 6.07) is 36.7. The first-order valence-electron chi connectivity index (χ1n) is 11.5. The van der Waals surface area contributed by atoms with Crippen molar-refractivity contribution in [2.75, 3.05) is 0 Å². The highest BCUT2D eigenvalue weighted by molar-refractivity contribution is 6.28. The fourth-order valence-corrected chi connectivity index (χ4v) is 5.41. The first-order chi connectivity index (χ1) is 16.8.